The number of hydrogen-bond donors (Lipinski definition) is 0. The highest BCUT2D eigenvalue weighted by molar-refractivity contribution is 9.13. The van der Waals surface area contributed by atoms with Gasteiger partial charge in [-0.15, -0.1) is 11.8 Å². The molecule has 1 aromatic carbocycles. The fourth-order valence-electron chi connectivity index (χ4n) is 0.604. The maximum Gasteiger partial charge on any atom is 0.0328 e. The third-order valence-corrected chi connectivity index (χ3v) is 3.73. The molecule has 10 heavy (non-hydrogen) atoms. The summed E-state index contributed by atoms with van der Waals surface area (Å²) in [6.07, 6.45) is 2.07. The molecule has 0 bridgehead atoms. The summed E-state index contributed by atoms with van der Waals surface area (Å²) in [6.45, 7) is 0. The van der Waals surface area contributed by atoms with Gasteiger partial charge in [0.25, 0.3) is 0 Å². The minimum absolute atomic E-state index is 1.10. The first-order valence-corrected chi connectivity index (χ1v) is 5.54. The Labute approximate surface area is 81.7 Å². The molecule has 0 spiro atoms. The van der Waals surface area contributed by atoms with Crippen LogP contribution in [0.2, 0.25) is 0 Å². The van der Waals surface area contributed by atoms with Crippen LogP contribution in [0.15, 0.2) is 32.0 Å². The molecule has 1 rings (SSSR count). The van der Waals surface area contributed by atoms with Gasteiger partial charge in [0.1, 0.15) is 0 Å². The third-order valence-electron chi connectivity index (χ3n) is 1.13. The van der Waals surface area contributed by atoms with Gasteiger partial charge in [0, 0.05) is 13.8 Å². The fourth-order valence-corrected chi connectivity index (χ4v) is 1.82. The largest absolute Gasteiger partial charge is 0.130 e. The predicted octanol–water partition coefficient (Wildman–Crippen LogP) is 3.93. The smallest absolute Gasteiger partial charge is 0.0328 e. The molecule has 0 saturated heterocycles. The second-order valence-corrected chi connectivity index (χ2v) is 4.37. The van der Waals surface area contributed by atoms with Crippen LogP contribution in [0.3, 0.4) is 0 Å². The van der Waals surface area contributed by atoms with Crippen LogP contribution in [0.5, 0.6) is 0 Å². The van der Waals surface area contributed by atoms with Gasteiger partial charge < -0.3 is 0 Å². The molecule has 1 aromatic rings. The van der Waals surface area contributed by atoms with Gasteiger partial charge in [-0.1, -0.05) is 0 Å². The first-order chi connectivity index (χ1) is 4.74. The summed E-state index contributed by atoms with van der Waals surface area (Å²) in [4.78, 5) is 1.27. The molecule has 0 heterocycles. The topological polar surface area (TPSA) is 0 Å². The molecule has 3 heteroatoms. The van der Waals surface area contributed by atoms with Crippen LogP contribution in [0, 0.1) is 0 Å². The van der Waals surface area contributed by atoms with Crippen LogP contribution in [0.4, 0.5) is 0 Å². The van der Waals surface area contributed by atoms with E-state index >= 15 is 0 Å². The lowest BCUT2D eigenvalue weighted by molar-refractivity contribution is 1.41. The monoisotopic (exact) mass is 280 g/mol. The first-order valence-electron chi connectivity index (χ1n) is 2.73. The summed E-state index contributed by atoms with van der Waals surface area (Å²) in [5.74, 6) is 0. The zero-order valence-corrected chi connectivity index (χ0v) is 9.38. The van der Waals surface area contributed by atoms with Crippen molar-refractivity contribution in [2.75, 3.05) is 6.26 Å². The number of benzene rings is 1. The molecule has 0 radical (unpaired) electrons. The lowest BCUT2D eigenvalue weighted by atomic mass is 10.4. The van der Waals surface area contributed by atoms with Gasteiger partial charge in [0.05, 0.1) is 0 Å². The number of halogens is 2. The molecule has 0 aliphatic heterocycles. The molecule has 0 nitrogen and oxygen atoms in total. The van der Waals surface area contributed by atoms with E-state index in [1.165, 1.54) is 4.90 Å². The highest BCUT2D eigenvalue weighted by Crippen LogP contribution is 2.27. The van der Waals surface area contributed by atoms with Gasteiger partial charge in [-0.2, -0.15) is 0 Å². The maximum absolute atomic E-state index is 3.43. The van der Waals surface area contributed by atoms with E-state index in [4.69, 9.17) is 0 Å². The molecule has 0 atom stereocenters. The Bertz CT molecular complexity index is 235. The second kappa shape index (κ2) is 3.79. The molecular formula is C7H6Br2S. The standard InChI is InChI=1S/C7H6Br2S/c1-10-5-2-3-6(8)7(9)4-5/h2-4H,1H3. The van der Waals surface area contributed by atoms with Crippen LogP contribution >= 0.6 is 43.6 Å². The second-order valence-electron chi connectivity index (χ2n) is 1.78. The van der Waals surface area contributed by atoms with Crippen LogP contribution in [-0.2, 0) is 0 Å². The Morgan fingerprint density at radius 2 is 1.90 bits per heavy atom. The van der Waals surface area contributed by atoms with E-state index in [2.05, 4.69) is 50.2 Å². The molecule has 0 aliphatic carbocycles. The summed E-state index contributed by atoms with van der Waals surface area (Å²) < 4.78 is 2.21. The van der Waals surface area contributed by atoms with Gasteiger partial charge >= 0.3 is 0 Å². The minimum atomic E-state index is 1.10. The summed E-state index contributed by atoms with van der Waals surface area (Å²) >= 11 is 8.57. The molecule has 0 aliphatic rings. The number of rotatable bonds is 1. The van der Waals surface area contributed by atoms with Gasteiger partial charge in [0.15, 0.2) is 0 Å². The highest BCUT2D eigenvalue weighted by Gasteiger charge is 1.95. The van der Waals surface area contributed by atoms with Gasteiger partial charge in [-0.3, -0.25) is 0 Å². The van der Waals surface area contributed by atoms with E-state index < -0.39 is 0 Å². The van der Waals surface area contributed by atoms with Crippen molar-refractivity contribution in [3.63, 3.8) is 0 Å². The number of thioether (sulfide) groups is 1. The molecule has 0 saturated carbocycles. The first kappa shape index (κ1) is 8.62. The summed E-state index contributed by atoms with van der Waals surface area (Å²) in [6, 6.07) is 6.21. The highest BCUT2D eigenvalue weighted by atomic mass is 79.9. The van der Waals surface area contributed by atoms with E-state index in [-0.39, 0.29) is 0 Å². The lowest BCUT2D eigenvalue weighted by Gasteiger charge is -1.97. The van der Waals surface area contributed by atoms with E-state index in [1.807, 2.05) is 6.07 Å². The van der Waals surface area contributed by atoms with Crippen molar-refractivity contribution < 1.29 is 0 Å². The molecule has 0 N–H and O–H groups in total. The molecule has 0 unspecified atom stereocenters. The molecule has 54 valence electrons. The summed E-state index contributed by atoms with van der Waals surface area (Å²) in [5.41, 5.74) is 0. The molecule has 0 amide bonds. The van der Waals surface area contributed by atoms with Gasteiger partial charge in [-0.05, 0) is 56.3 Å². The van der Waals surface area contributed by atoms with Crippen molar-refractivity contribution in [3.8, 4) is 0 Å². The summed E-state index contributed by atoms with van der Waals surface area (Å²) in [5, 5.41) is 0. The van der Waals surface area contributed by atoms with Gasteiger partial charge in [-0.25, -0.2) is 0 Å². The van der Waals surface area contributed by atoms with Crippen molar-refractivity contribution in [1.29, 1.82) is 0 Å². The van der Waals surface area contributed by atoms with E-state index in [0.717, 1.165) is 8.95 Å². The Morgan fingerprint density at radius 3 is 2.40 bits per heavy atom. The van der Waals surface area contributed by atoms with Crippen molar-refractivity contribution in [2.24, 2.45) is 0 Å². The minimum Gasteiger partial charge on any atom is -0.130 e. The zero-order valence-electron chi connectivity index (χ0n) is 5.40. The zero-order chi connectivity index (χ0) is 7.56. The van der Waals surface area contributed by atoms with E-state index in [1.54, 1.807) is 11.8 Å². The van der Waals surface area contributed by atoms with Crippen LogP contribution < -0.4 is 0 Å². The molecular weight excluding hydrogens is 276 g/mol. The average Bonchev–Trinajstić information content (AvgIpc) is 1.95. The molecule has 0 fully saturated rings. The summed E-state index contributed by atoms with van der Waals surface area (Å²) in [7, 11) is 0. The quantitative estimate of drug-likeness (QED) is 0.703. The van der Waals surface area contributed by atoms with Crippen LogP contribution in [0.25, 0.3) is 0 Å². The number of hydrogen-bond acceptors (Lipinski definition) is 1. The van der Waals surface area contributed by atoms with E-state index in [0.29, 0.717) is 0 Å². The Morgan fingerprint density at radius 1 is 1.20 bits per heavy atom. The molecule has 0 aromatic heterocycles. The van der Waals surface area contributed by atoms with Crippen molar-refractivity contribution >= 4 is 43.6 Å². The van der Waals surface area contributed by atoms with Gasteiger partial charge in [0.2, 0.25) is 0 Å². The Balaban J connectivity index is 3.04. The van der Waals surface area contributed by atoms with Crippen LogP contribution in [-0.4, -0.2) is 6.26 Å². The third kappa shape index (κ3) is 2.01. The van der Waals surface area contributed by atoms with E-state index in [9.17, 15) is 0 Å². The SMILES string of the molecule is CSc1ccc(Br)c(Br)c1. The van der Waals surface area contributed by atoms with Crippen molar-refractivity contribution in [2.45, 2.75) is 4.90 Å². The predicted molar refractivity (Wildman–Crippen MR) is 53.6 cm³/mol. The van der Waals surface area contributed by atoms with Crippen molar-refractivity contribution in [1.82, 2.24) is 0 Å². The average molecular weight is 282 g/mol. The van der Waals surface area contributed by atoms with Crippen LogP contribution in [0.1, 0.15) is 0 Å². The Kier molecular flexibility index (Phi) is 3.27. The lowest BCUT2D eigenvalue weighted by Crippen LogP contribution is -1.71. The normalized spacial score (nSPS) is 9.90. The van der Waals surface area contributed by atoms with Crippen molar-refractivity contribution in [3.05, 3.63) is 27.1 Å². The Hall–Kier alpha value is 0.530. The fraction of sp³-hybridized carbons (Fsp3) is 0.143. The maximum atomic E-state index is 3.43.